The van der Waals surface area contributed by atoms with E-state index in [1.165, 1.54) is 13.0 Å². The Balaban J connectivity index is 2.46. The van der Waals surface area contributed by atoms with Crippen LogP contribution in [-0.2, 0) is 42.9 Å². The summed E-state index contributed by atoms with van der Waals surface area (Å²) in [6, 6.07) is 4.69. The molecule has 0 aliphatic carbocycles. The van der Waals surface area contributed by atoms with E-state index in [1.807, 2.05) is 0 Å². The Hall–Kier alpha value is -2.37. The zero-order valence-corrected chi connectivity index (χ0v) is 20.0. The van der Waals surface area contributed by atoms with Crippen molar-refractivity contribution in [2.45, 2.75) is 58.4 Å². The quantitative estimate of drug-likeness (QED) is 0.379. The fourth-order valence-corrected chi connectivity index (χ4v) is 3.39. The van der Waals surface area contributed by atoms with Crippen LogP contribution >= 0.6 is 27.5 Å². The van der Waals surface area contributed by atoms with Crippen LogP contribution in [0.5, 0.6) is 5.75 Å². The maximum Gasteiger partial charge on any atom is 0.303 e. The minimum Gasteiger partial charge on any atom is -0.463 e. The second-order valence-electron chi connectivity index (χ2n) is 6.76. The van der Waals surface area contributed by atoms with Crippen LogP contribution in [0.4, 0.5) is 0 Å². The lowest BCUT2D eigenvalue weighted by atomic mass is 9.98. The van der Waals surface area contributed by atoms with Gasteiger partial charge in [-0.3, -0.25) is 19.2 Å². The molecule has 12 heteroatoms. The minimum atomic E-state index is -1.33. The first-order valence-corrected chi connectivity index (χ1v) is 10.6. The van der Waals surface area contributed by atoms with Gasteiger partial charge >= 0.3 is 23.9 Å². The maximum absolute atomic E-state index is 11.8. The molecule has 0 saturated carbocycles. The highest BCUT2D eigenvalue weighted by Gasteiger charge is 2.53. The van der Waals surface area contributed by atoms with E-state index in [2.05, 4.69) is 15.9 Å². The Morgan fingerprint density at radius 2 is 1.47 bits per heavy atom. The lowest BCUT2D eigenvalue weighted by Gasteiger charge is -2.43. The number of hydrogen-bond donors (Lipinski definition) is 0. The Labute approximate surface area is 197 Å². The molecule has 0 amide bonds. The number of halogens is 2. The number of benzene rings is 1. The van der Waals surface area contributed by atoms with E-state index >= 15 is 0 Å². The van der Waals surface area contributed by atoms with E-state index in [0.29, 0.717) is 9.50 Å². The summed E-state index contributed by atoms with van der Waals surface area (Å²) >= 11 is 9.37. The monoisotopic (exact) mass is 536 g/mol. The van der Waals surface area contributed by atoms with Crippen molar-refractivity contribution in [3.63, 3.8) is 0 Å². The first kappa shape index (κ1) is 25.9. The topological polar surface area (TPSA) is 124 Å². The summed E-state index contributed by atoms with van der Waals surface area (Å²) in [6.45, 7) is 4.26. The van der Waals surface area contributed by atoms with Gasteiger partial charge in [0.2, 0.25) is 12.4 Å². The molecule has 1 aromatic carbocycles. The number of carbonyl (C=O) groups excluding carboxylic acids is 4. The average Bonchev–Trinajstić information content (AvgIpc) is 2.66. The summed E-state index contributed by atoms with van der Waals surface area (Å²) in [7, 11) is 0. The van der Waals surface area contributed by atoms with Crippen molar-refractivity contribution >= 4 is 51.4 Å². The van der Waals surface area contributed by atoms with E-state index in [-0.39, 0.29) is 12.4 Å². The molecular formula is C20H22BrClO10. The van der Waals surface area contributed by atoms with Gasteiger partial charge in [-0.25, -0.2) is 0 Å². The van der Waals surface area contributed by atoms with Crippen molar-refractivity contribution in [1.82, 2.24) is 0 Å². The first-order valence-electron chi connectivity index (χ1n) is 9.40. The number of esters is 4. The number of hydrogen-bond acceptors (Lipinski definition) is 10. The highest BCUT2D eigenvalue weighted by atomic mass is 79.9. The Kier molecular flexibility index (Phi) is 9.29. The van der Waals surface area contributed by atoms with E-state index < -0.39 is 54.6 Å². The summed E-state index contributed by atoms with van der Waals surface area (Å²) in [6.07, 6.45) is -6.32. The third kappa shape index (κ3) is 7.35. The highest BCUT2D eigenvalue weighted by Crippen LogP contribution is 2.33. The molecule has 1 fully saturated rings. The van der Waals surface area contributed by atoms with Gasteiger partial charge in [0, 0.05) is 38.2 Å². The Bertz CT molecular complexity index is 876. The molecule has 176 valence electrons. The molecule has 1 heterocycles. The van der Waals surface area contributed by atoms with E-state index in [4.69, 9.17) is 40.0 Å². The Morgan fingerprint density at radius 1 is 0.906 bits per heavy atom. The molecule has 0 spiro atoms. The largest absolute Gasteiger partial charge is 0.463 e. The number of rotatable bonds is 7. The van der Waals surface area contributed by atoms with Gasteiger partial charge in [-0.05, 0) is 28.1 Å². The minimum absolute atomic E-state index is 0.249. The van der Waals surface area contributed by atoms with Crippen LogP contribution in [0.25, 0.3) is 0 Å². The summed E-state index contributed by atoms with van der Waals surface area (Å²) in [4.78, 5) is 46.6. The molecule has 1 aromatic rings. The van der Waals surface area contributed by atoms with Gasteiger partial charge in [-0.2, -0.15) is 0 Å². The number of carbonyl (C=O) groups is 4. The molecule has 0 radical (unpaired) electrons. The smallest absolute Gasteiger partial charge is 0.303 e. The zero-order valence-electron chi connectivity index (χ0n) is 17.7. The molecule has 1 aliphatic rings. The van der Waals surface area contributed by atoms with Gasteiger partial charge in [0.25, 0.3) is 0 Å². The van der Waals surface area contributed by atoms with Crippen molar-refractivity contribution < 1.29 is 47.6 Å². The molecular weight excluding hydrogens is 516 g/mol. The molecule has 0 N–H and O–H groups in total. The molecule has 0 unspecified atom stereocenters. The molecule has 0 bridgehead atoms. The fraction of sp³-hybridized carbons (Fsp3) is 0.500. The highest BCUT2D eigenvalue weighted by molar-refractivity contribution is 9.10. The van der Waals surface area contributed by atoms with Crippen molar-refractivity contribution in [2.24, 2.45) is 0 Å². The lowest BCUT2D eigenvalue weighted by Crippen LogP contribution is -2.63. The second-order valence-corrected chi connectivity index (χ2v) is 8.02. The van der Waals surface area contributed by atoms with Crippen LogP contribution in [-0.4, -0.2) is 61.2 Å². The summed E-state index contributed by atoms with van der Waals surface area (Å²) in [5.41, 5.74) is 0. The third-order valence-corrected chi connectivity index (χ3v) is 5.32. The summed E-state index contributed by atoms with van der Waals surface area (Å²) in [5, 5.41) is 0.341. The summed E-state index contributed by atoms with van der Waals surface area (Å²) in [5.74, 6) is -2.54. The van der Waals surface area contributed by atoms with Gasteiger partial charge < -0.3 is 28.4 Å². The first-order chi connectivity index (χ1) is 15.0. The molecule has 2 rings (SSSR count). The van der Waals surface area contributed by atoms with Crippen LogP contribution < -0.4 is 4.74 Å². The average molecular weight is 538 g/mol. The third-order valence-electron chi connectivity index (χ3n) is 4.09. The van der Waals surface area contributed by atoms with Crippen molar-refractivity contribution in [1.29, 1.82) is 0 Å². The number of ether oxygens (including phenoxy) is 6. The van der Waals surface area contributed by atoms with E-state index in [9.17, 15) is 19.2 Å². The molecule has 32 heavy (non-hydrogen) atoms. The predicted molar refractivity (Wildman–Crippen MR) is 112 cm³/mol. The van der Waals surface area contributed by atoms with Crippen LogP contribution in [0.2, 0.25) is 5.02 Å². The van der Waals surface area contributed by atoms with Crippen LogP contribution in [0.15, 0.2) is 22.7 Å². The van der Waals surface area contributed by atoms with Crippen LogP contribution in [0.1, 0.15) is 27.7 Å². The summed E-state index contributed by atoms with van der Waals surface area (Å²) < 4.78 is 33.3. The zero-order chi connectivity index (χ0) is 24.0. The van der Waals surface area contributed by atoms with Gasteiger partial charge in [-0.15, -0.1) is 0 Å². The second kappa shape index (κ2) is 11.5. The molecule has 1 saturated heterocycles. The van der Waals surface area contributed by atoms with Crippen molar-refractivity contribution in [2.75, 3.05) is 6.61 Å². The lowest BCUT2D eigenvalue weighted by molar-refractivity contribution is -0.288. The maximum atomic E-state index is 11.8. The molecule has 5 atom stereocenters. The van der Waals surface area contributed by atoms with Gasteiger partial charge in [0.15, 0.2) is 12.2 Å². The van der Waals surface area contributed by atoms with E-state index in [1.54, 1.807) is 12.1 Å². The molecule has 1 aliphatic heterocycles. The van der Waals surface area contributed by atoms with Crippen molar-refractivity contribution in [3.8, 4) is 5.75 Å². The van der Waals surface area contributed by atoms with Gasteiger partial charge in [-0.1, -0.05) is 11.6 Å². The molecule has 0 aromatic heterocycles. The molecule has 10 nitrogen and oxygen atoms in total. The normalized spacial score (nSPS) is 24.8. The fourth-order valence-electron chi connectivity index (χ4n) is 2.97. The van der Waals surface area contributed by atoms with Gasteiger partial charge in [0.05, 0.1) is 5.02 Å². The predicted octanol–water partition coefficient (Wildman–Crippen LogP) is 2.56. The van der Waals surface area contributed by atoms with Crippen LogP contribution in [0.3, 0.4) is 0 Å². The van der Waals surface area contributed by atoms with Gasteiger partial charge in [0.1, 0.15) is 18.5 Å². The SMILES string of the molecule is CC(=O)OC[C@H]1O[C@H](Oc2ccc(Br)c(Cl)c2)[C@@H](OC(C)=O)[C@@H](OC(C)=O)[C@@H]1OC(C)=O. The standard InChI is InChI=1S/C20H22BrClO10/c1-9(23)27-8-16-17(28-10(2)24)18(29-11(3)25)19(30-12(4)26)20(32-16)31-13-5-6-14(21)15(22)7-13/h5-7,16-20H,8H2,1-4H3/t16-,17-,18+,19+,20+/m1/s1. The van der Waals surface area contributed by atoms with Crippen LogP contribution in [0, 0.1) is 0 Å². The Morgan fingerprint density at radius 3 is 2.00 bits per heavy atom. The van der Waals surface area contributed by atoms with E-state index in [0.717, 1.165) is 20.8 Å². The van der Waals surface area contributed by atoms with Crippen molar-refractivity contribution in [3.05, 3.63) is 27.7 Å².